The molecule has 1 fully saturated rings. The molecule has 1 heterocycles. The number of carboxylic acid groups (broad SMARTS) is 1. The first-order valence-corrected chi connectivity index (χ1v) is 7.21. The lowest BCUT2D eigenvalue weighted by atomic mass is 9.99. The van der Waals surface area contributed by atoms with Gasteiger partial charge in [-0.2, -0.15) is 8.78 Å². The van der Waals surface area contributed by atoms with Crippen LogP contribution in [0.2, 0.25) is 0 Å². The summed E-state index contributed by atoms with van der Waals surface area (Å²) in [4.78, 5) is 24.7. The molecule has 0 radical (unpaired) electrons. The minimum absolute atomic E-state index is 0.0953. The van der Waals surface area contributed by atoms with Crippen molar-refractivity contribution in [2.24, 2.45) is 5.92 Å². The van der Waals surface area contributed by atoms with Gasteiger partial charge >= 0.3 is 18.6 Å². The average molecular weight is 328 g/mol. The molecule has 2 rings (SSSR count). The van der Waals surface area contributed by atoms with Crippen molar-refractivity contribution in [1.29, 1.82) is 0 Å². The lowest BCUT2D eigenvalue weighted by Gasteiger charge is -2.31. The minimum atomic E-state index is -3.00. The van der Waals surface area contributed by atoms with Crippen LogP contribution in [0.3, 0.4) is 0 Å². The topological polar surface area (TPSA) is 78.9 Å². The van der Waals surface area contributed by atoms with Crippen LogP contribution in [0.4, 0.5) is 19.3 Å². The van der Waals surface area contributed by atoms with Gasteiger partial charge in [0.05, 0.1) is 11.6 Å². The summed E-state index contributed by atoms with van der Waals surface area (Å²) >= 11 is 0. The number of para-hydroxylation sites is 1. The highest BCUT2D eigenvalue weighted by atomic mass is 19.3. The van der Waals surface area contributed by atoms with Crippen LogP contribution in [-0.2, 0) is 4.79 Å². The van der Waals surface area contributed by atoms with Crippen LogP contribution in [0.15, 0.2) is 18.2 Å². The number of carboxylic acids is 1. The van der Waals surface area contributed by atoms with Gasteiger partial charge in [0, 0.05) is 13.1 Å². The fourth-order valence-electron chi connectivity index (χ4n) is 2.54. The molecule has 2 amide bonds. The van der Waals surface area contributed by atoms with E-state index in [-0.39, 0.29) is 18.0 Å². The summed E-state index contributed by atoms with van der Waals surface area (Å²) in [5.41, 5.74) is 0.735. The molecule has 1 aromatic carbocycles. The van der Waals surface area contributed by atoms with Crippen LogP contribution in [-0.4, -0.2) is 41.7 Å². The van der Waals surface area contributed by atoms with Crippen molar-refractivity contribution in [2.45, 2.75) is 26.4 Å². The Labute approximate surface area is 132 Å². The van der Waals surface area contributed by atoms with Gasteiger partial charge in [-0.25, -0.2) is 4.79 Å². The summed E-state index contributed by atoms with van der Waals surface area (Å²) < 4.78 is 29.3. The lowest BCUT2D eigenvalue weighted by Crippen LogP contribution is -2.44. The number of carbonyl (C=O) groups excluding carboxylic acids is 1. The van der Waals surface area contributed by atoms with Gasteiger partial charge in [0.15, 0.2) is 0 Å². The van der Waals surface area contributed by atoms with E-state index < -0.39 is 24.5 Å². The summed E-state index contributed by atoms with van der Waals surface area (Å²) in [5.74, 6) is -1.68. The van der Waals surface area contributed by atoms with Gasteiger partial charge in [-0.1, -0.05) is 12.1 Å². The number of ether oxygens (including phenoxy) is 1. The van der Waals surface area contributed by atoms with Crippen LogP contribution in [0.1, 0.15) is 18.4 Å². The number of anilines is 1. The van der Waals surface area contributed by atoms with E-state index in [2.05, 4.69) is 10.1 Å². The maximum Gasteiger partial charge on any atom is 0.387 e. The first-order chi connectivity index (χ1) is 10.9. The fraction of sp³-hybridized carbons (Fsp3) is 0.467. The maximum atomic E-state index is 12.5. The molecule has 1 saturated heterocycles. The number of urea groups is 1. The van der Waals surface area contributed by atoms with Gasteiger partial charge in [-0.05, 0) is 31.4 Å². The quantitative estimate of drug-likeness (QED) is 0.891. The zero-order valence-electron chi connectivity index (χ0n) is 12.6. The lowest BCUT2D eigenvalue weighted by molar-refractivity contribution is -0.143. The smallest absolute Gasteiger partial charge is 0.387 e. The monoisotopic (exact) mass is 328 g/mol. The Morgan fingerprint density at radius 2 is 2.17 bits per heavy atom. The number of halogens is 2. The third-order valence-corrected chi connectivity index (χ3v) is 3.74. The van der Waals surface area contributed by atoms with Gasteiger partial charge in [0.2, 0.25) is 0 Å². The van der Waals surface area contributed by atoms with E-state index in [1.165, 1.54) is 11.0 Å². The summed E-state index contributed by atoms with van der Waals surface area (Å²) in [5, 5.41) is 11.6. The van der Waals surface area contributed by atoms with Crippen molar-refractivity contribution < 1.29 is 28.2 Å². The number of hydrogen-bond donors (Lipinski definition) is 2. The first-order valence-electron chi connectivity index (χ1n) is 7.21. The second kappa shape index (κ2) is 7.26. The highest BCUT2D eigenvalue weighted by molar-refractivity contribution is 5.92. The Bertz CT molecular complexity index is 595. The third kappa shape index (κ3) is 4.30. The van der Waals surface area contributed by atoms with E-state index in [1.807, 2.05) is 0 Å². The number of amides is 2. The molecule has 0 aromatic heterocycles. The predicted molar refractivity (Wildman–Crippen MR) is 78.8 cm³/mol. The fourth-order valence-corrected chi connectivity index (χ4v) is 2.54. The molecule has 6 nitrogen and oxygen atoms in total. The van der Waals surface area contributed by atoms with Crippen molar-refractivity contribution in [3.8, 4) is 5.75 Å². The van der Waals surface area contributed by atoms with E-state index in [0.717, 1.165) is 0 Å². The number of hydrogen-bond acceptors (Lipinski definition) is 3. The number of carbonyl (C=O) groups is 2. The molecule has 126 valence electrons. The molecule has 23 heavy (non-hydrogen) atoms. The van der Waals surface area contributed by atoms with Gasteiger partial charge in [0.1, 0.15) is 5.75 Å². The standard InChI is InChI=1S/C15H18F2N2O4/c1-9-4-2-6-11(23-14(16)17)12(9)18-15(22)19-7-3-5-10(8-19)13(20)21/h2,4,6,10,14H,3,5,7-8H2,1H3,(H,18,22)(H,20,21). The molecule has 0 bridgehead atoms. The zero-order chi connectivity index (χ0) is 17.0. The van der Waals surface area contributed by atoms with Crippen molar-refractivity contribution >= 4 is 17.7 Å². The number of aliphatic carboxylic acids is 1. The molecule has 0 spiro atoms. The molecule has 1 aliphatic rings. The molecule has 1 atom stereocenters. The van der Waals surface area contributed by atoms with E-state index in [0.29, 0.717) is 24.9 Å². The highest BCUT2D eigenvalue weighted by Crippen LogP contribution is 2.30. The van der Waals surface area contributed by atoms with E-state index in [4.69, 9.17) is 5.11 Å². The molecule has 1 unspecified atom stereocenters. The second-order valence-corrected chi connectivity index (χ2v) is 5.38. The third-order valence-electron chi connectivity index (χ3n) is 3.74. The Morgan fingerprint density at radius 1 is 1.43 bits per heavy atom. The van der Waals surface area contributed by atoms with Crippen LogP contribution in [0.25, 0.3) is 0 Å². The van der Waals surface area contributed by atoms with Gasteiger partial charge in [-0.15, -0.1) is 0 Å². The van der Waals surface area contributed by atoms with Gasteiger partial charge in [-0.3, -0.25) is 4.79 Å². The molecular weight excluding hydrogens is 310 g/mol. The molecule has 0 saturated carbocycles. The summed E-state index contributed by atoms with van der Waals surface area (Å²) in [6, 6.07) is 4.02. The van der Waals surface area contributed by atoms with Crippen molar-refractivity contribution in [3.63, 3.8) is 0 Å². The molecule has 8 heteroatoms. The number of rotatable bonds is 4. The average Bonchev–Trinajstić information content (AvgIpc) is 2.50. The Balaban J connectivity index is 2.12. The Morgan fingerprint density at radius 3 is 2.83 bits per heavy atom. The van der Waals surface area contributed by atoms with Crippen molar-refractivity contribution in [2.75, 3.05) is 18.4 Å². The number of benzene rings is 1. The van der Waals surface area contributed by atoms with Crippen LogP contribution in [0.5, 0.6) is 5.75 Å². The number of nitrogens with one attached hydrogen (secondary N) is 1. The molecule has 2 N–H and O–H groups in total. The molecule has 1 aromatic rings. The zero-order valence-corrected chi connectivity index (χ0v) is 12.6. The van der Waals surface area contributed by atoms with Crippen LogP contribution in [0, 0.1) is 12.8 Å². The summed E-state index contributed by atoms with van der Waals surface area (Å²) in [6.45, 7) is -0.826. The summed E-state index contributed by atoms with van der Waals surface area (Å²) in [7, 11) is 0. The SMILES string of the molecule is Cc1cccc(OC(F)F)c1NC(=O)N1CCCC(C(=O)O)C1. The number of aryl methyl sites for hydroxylation is 1. The first kappa shape index (κ1) is 17.0. The Kier molecular flexibility index (Phi) is 5.36. The summed E-state index contributed by atoms with van der Waals surface area (Å²) in [6.07, 6.45) is 1.10. The number of piperidine rings is 1. The minimum Gasteiger partial charge on any atom is -0.481 e. The number of nitrogens with zero attached hydrogens (tertiary/aromatic N) is 1. The van der Waals surface area contributed by atoms with Gasteiger partial charge in [0.25, 0.3) is 0 Å². The molecular formula is C15H18F2N2O4. The van der Waals surface area contributed by atoms with E-state index >= 15 is 0 Å². The Hall–Kier alpha value is -2.38. The molecule has 0 aliphatic carbocycles. The van der Waals surface area contributed by atoms with E-state index in [1.54, 1.807) is 19.1 Å². The van der Waals surface area contributed by atoms with Gasteiger partial charge < -0.3 is 20.1 Å². The van der Waals surface area contributed by atoms with Crippen molar-refractivity contribution in [3.05, 3.63) is 23.8 Å². The highest BCUT2D eigenvalue weighted by Gasteiger charge is 2.28. The normalized spacial score (nSPS) is 17.9. The van der Waals surface area contributed by atoms with E-state index in [9.17, 15) is 18.4 Å². The number of likely N-dealkylation sites (tertiary alicyclic amines) is 1. The maximum absolute atomic E-state index is 12.5. The second-order valence-electron chi connectivity index (χ2n) is 5.38. The largest absolute Gasteiger partial charge is 0.481 e. The number of alkyl halides is 2. The van der Waals surface area contributed by atoms with Crippen LogP contribution >= 0.6 is 0 Å². The van der Waals surface area contributed by atoms with Crippen molar-refractivity contribution in [1.82, 2.24) is 4.90 Å². The molecule has 1 aliphatic heterocycles. The van der Waals surface area contributed by atoms with Crippen LogP contribution < -0.4 is 10.1 Å². The predicted octanol–water partition coefficient (Wildman–Crippen LogP) is 2.92.